The molecule has 0 bridgehead atoms. The molecule has 0 aliphatic carbocycles. The second kappa shape index (κ2) is 11.0. The molecule has 0 saturated heterocycles. The van der Waals surface area contributed by atoms with Crippen molar-refractivity contribution in [1.29, 1.82) is 0 Å². The third kappa shape index (κ3) is 4.63. The minimum atomic E-state index is 1.13. The highest BCUT2D eigenvalue weighted by atomic mass is 32.1. The van der Waals surface area contributed by atoms with Crippen LogP contribution in [0.1, 0.15) is 0 Å². The van der Waals surface area contributed by atoms with Crippen molar-refractivity contribution in [3.8, 4) is 22.3 Å². The lowest BCUT2D eigenvalue weighted by Gasteiger charge is -2.26. The molecule has 216 valence electrons. The lowest BCUT2D eigenvalue weighted by atomic mass is 9.98. The molecule has 1 heterocycles. The Morgan fingerprint density at radius 3 is 1.65 bits per heavy atom. The van der Waals surface area contributed by atoms with Crippen LogP contribution >= 0.6 is 11.3 Å². The summed E-state index contributed by atoms with van der Waals surface area (Å²) in [5.41, 5.74) is 8.29. The van der Waals surface area contributed by atoms with Gasteiger partial charge < -0.3 is 4.90 Å². The molecule has 0 aliphatic rings. The molecule has 0 saturated carbocycles. The fourth-order valence-electron chi connectivity index (χ4n) is 6.74. The Morgan fingerprint density at radius 1 is 0.326 bits per heavy atom. The summed E-state index contributed by atoms with van der Waals surface area (Å²) < 4.78 is 2.63. The first kappa shape index (κ1) is 26.7. The summed E-state index contributed by atoms with van der Waals surface area (Å²) in [5.74, 6) is 0. The molecule has 46 heavy (non-hydrogen) atoms. The number of anilines is 3. The number of thiophene rings is 1. The summed E-state index contributed by atoms with van der Waals surface area (Å²) in [6.07, 6.45) is 0. The number of nitrogens with zero attached hydrogens (tertiary/aromatic N) is 1. The maximum Gasteiger partial charge on any atom is 0.0468 e. The molecule has 0 N–H and O–H groups in total. The van der Waals surface area contributed by atoms with Gasteiger partial charge in [-0.3, -0.25) is 0 Å². The van der Waals surface area contributed by atoms with Gasteiger partial charge in [-0.15, -0.1) is 11.3 Å². The van der Waals surface area contributed by atoms with Crippen LogP contribution in [0.25, 0.3) is 64.0 Å². The first-order valence-electron chi connectivity index (χ1n) is 15.7. The van der Waals surface area contributed by atoms with E-state index in [0.717, 1.165) is 17.1 Å². The molecule has 2 heteroatoms. The number of hydrogen-bond acceptors (Lipinski definition) is 2. The van der Waals surface area contributed by atoms with Crippen LogP contribution in [0.4, 0.5) is 17.1 Å². The van der Waals surface area contributed by atoms with Crippen molar-refractivity contribution in [2.45, 2.75) is 0 Å². The van der Waals surface area contributed by atoms with Gasteiger partial charge in [-0.2, -0.15) is 0 Å². The Bertz CT molecular complexity index is 2500. The summed E-state index contributed by atoms with van der Waals surface area (Å²) in [4.78, 5) is 2.38. The Hall–Kier alpha value is -5.70. The first-order chi connectivity index (χ1) is 22.8. The smallest absolute Gasteiger partial charge is 0.0468 e. The maximum absolute atomic E-state index is 2.38. The van der Waals surface area contributed by atoms with E-state index in [1.165, 1.54) is 64.0 Å². The predicted octanol–water partition coefficient (Wildman–Crippen LogP) is 13.2. The molecule has 0 aliphatic heterocycles. The Kier molecular flexibility index (Phi) is 6.40. The highest BCUT2D eigenvalue weighted by Gasteiger charge is 2.16. The van der Waals surface area contributed by atoms with E-state index in [2.05, 4.69) is 181 Å². The largest absolute Gasteiger partial charge is 0.310 e. The molecular formula is C44H29NS. The van der Waals surface area contributed by atoms with Gasteiger partial charge in [0.05, 0.1) is 0 Å². The van der Waals surface area contributed by atoms with Gasteiger partial charge in [0, 0.05) is 37.2 Å². The highest BCUT2D eigenvalue weighted by Crippen LogP contribution is 2.42. The van der Waals surface area contributed by atoms with Gasteiger partial charge in [0.2, 0.25) is 0 Å². The van der Waals surface area contributed by atoms with Crippen molar-refractivity contribution in [2.24, 2.45) is 0 Å². The zero-order chi connectivity index (χ0) is 30.5. The van der Waals surface area contributed by atoms with Gasteiger partial charge in [-0.1, -0.05) is 121 Å². The lowest BCUT2D eigenvalue weighted by Crippen LogP contribution is -2.09. The number of benzene rings is 8. The summed E-state index contributed by atoms with van der Waals surface area (Å²) in [7, 11) is 0. The Labute approximate surface area is 272 Å². The van der Waals surface area contributed by atoms with Crippen LogP contribution < -0.4 is 4.90 Å². The second-order valence-corrected chi connectivity index (χ2v) is 12.9. The fourth-order valence-corrected chi connectivity index (χ4v) is 7.85. The van der Waals surface area contributed by atoms with Crippen LogP contribution in [0, 0.1) is 0 Å². The standard InChI is InChI=1S/C44H29NS/c1-2-9-30(10-3-1)31-17-21-36(22-18-31)45(37-23-19-33(20-24-37)40-16-8-14-32-11-6-7-15-39(32)40)38-25-26-43-42(29-38)41-27-34-12-4-5-13-35(34)28-44(41)46-43/h1-29H. The molecule has 0 spiro atoms. The monoisotopic (exact) mass is 603 g/mol. The van der Waals surface area contributed by atoms with E-state index in [-0.39, 0.29) is 0 Å². The minimum Gasteiger partial charge on any atom is -0.310 e. The summed E-state index contributed by atoms with van der Waals surface area (Å²) >= 11 is 1.87. The molecule has 8 aromatic carbocycles. The fraction of sp³-hybridized carbons (Fsp3) is 0. The third-order valence-electron chi connectivity index (χ3n) is 9.04. The van der Waals surface area contributed by atoms with E-state index in [1.54, 1.807) is 0 Å². The van der Waals surface area contributed by atoms with E-state index in [0.29, 0.717) is 0 Å². The highest BCUT2D eigenvalue weighted by molar-refractivity contribution is 7.25. The predicted molar refractivity (Wildman–Crippen MR) is 200 cm³/mol. The van der Waals surface area contributed by atoms with Crippen LogP contribution in [-0.4, -0.2) is 0 Å². The van der Waals surface area contributed by atoms with Crippen molar-refractivity contribution in [3.05, 3.63) is 176 Å². The zero-order valence-corrected chi connectivity index (χ0v) is 25.9. The summed E-state index contributed by atoms with van der Waals surface area (Å²) in [5, 5.41) is 7.69. The molecule has 0 amide bonds. The maximum atomic E-state index is 2.38. The quantitative estimate of drug-likeness (QED) is 0.189. The number of hydrogen-bond donors (Lipinski definition) is 0. The zero-order valence-electron chi connectivity index (χ0n) is 25.1. The first-order valence-corrected chi connectivity index (χ1v) is 16.5. The normalized spacial score (nSPS) is 11.5. The summed E-state index contributed by atoms with van der Waals surface area (Å²) in [6, 6.07) is 64.0. The molecule has 9 aromatic rings. The van der Waals surface area contributed by atoms with Gasteiger partial charge >= 0.3 is 0 Å². The van der Waals surface area contributed by atoms with E-state index in [4.69, 9.17) is 0 Å². The molecule has 0 unspecified atom stereocenters. The van der Waals surface area contributed by atoms with Gasteiger partial charge in [0.1, 0.15) is 0 Å². The lowest BCUT2D eigenvalue weighted by molar-refractivity contribution is 1.29. The van der Waals surface area contributed by atoms with Crippen LogP contribution in [0.2, 0.25) is 0 Å². The van der Waals surface area contributed by atoms with Gasteiger partial charge in [0.25, 0.3) is 0 Å². The average Bonchev–Trinajstić information content (AvgIpc) is 3.48. The Balaban J connectivity index is 1.19. The molecule has 0 radical (unpaired) electrons. The molecule has 9 rings (SSSR count). The van der Waals surface area contributed by atoms with Crippen molar-refractivity contribution in [1.82, 2.24) is 0 Å². The van der Waals surface area contributed by atoms with Crippen LogP contribution in [0.15, 0.2) is 176 Å². The SMILES string of the molecule is c1ccc(-c2ccc(N(c3ccc(-c4cccc5ccccc45)cc3)c3ccc4sc5cc6ccccc6cc5c4c3)cc2)cc1. The summed E-state index contributed by atoms with van der Waals surface area (Å²) in [6.45, 7) is 0. The average molecular weight is 604 g/mol. The minimum absolute atomic E-state index is 1.13. The van der Waals surface area contributed by atoms with Crippen LogP contribution in [0.5, 0.6) is 0 Å². The molecule has 1 nitrogen and oxygen atoms in total. The van der Waals surface area contributed by atoms with Crippen molar-refractivity contribution in [3.63, 3.8) is 0 Å². The molecule has 0 atom stereocenters. The molecule has 0 fully saturated rings. The molecule has 1 aromatic heterocycles. The molecular weight excluding hydrogens is 575 g/mol. The van der Waals surface area contributed by atoms with E-state index in [1.807, 2.05) is 11.3 Å². The Morgan fingerprint density at radius 2 is 0.891 bits per heavy atom. The van der Waals surface area contributed by atoms with Gasteiger partial charge in [-0.25, -0.2) is 0 Å². The van der Waals surface area contributed by atoms with Crippen LogP contribution in [-0.2, 0) is 0 Å². The second-order valence-electron chi connectivity index (χ2n) is 11.8. The van der Waals surface area contributed by atoms with E-state index >= 15 is 0 Å². The third-order valence-corrected chi connectivity index (χ3v) is 10.2. The van der Waals surface area contributed by atoms with Crippen molar-refractivity contribution >= 4 is 70.1 Å². The van der Waals surface area contributed by atoms with Crippen LogP contribution in [0.3, 0.4) is 0 Å². The van der Waals surface area contributed by atoms with Gasteiger partial charge in [-0.05, 0) is 98.4 Å². The van der Waals surface area contributed by atoms with Crippen molar-refractivity contribution in [2.75, 3.05) is 4.90 Å². The number of fused-ring (bicyclic) bond motifs is 5. The van der Waals surface area contributed by atoms with Gasteiger partial charge in [0.15, 0.2) is 0 Å². The van der Waals surface area contributed by atoms with E-state index in [9.17, 15) is 0 Å². The number of rotatable bonds is 5. The topological polar surface area (TPSA) is 3.24 Å². The van der Waals surface area contributed by atoms with E-state index < -0.39 is 0 Å². The van der Waals surface area contributed by atoms with Crippen molar-refractivity contribution < 1.29 is 0 Å².